The molecule has 1 N–H and O–H groups in total. The van der Waals surface area contributed by atoms with Crippen LogP contribution in [0.25, 0.3) is 21.7 Å². The minimum atomic E-state index is -2.42. The number of carbonyl (C=O) groups excluding carboxylic acids is 1. The van der Waals surface area contributed by atoms with Gasteiger partial charge in [0.2, 0.25) is 40.7 Å². The van der Waals surface area contributed by atoms with Gasteiger partial charge in [-0.2, -0.15) is 8.78 Å². The van der Waals surface area contributed by atoms with Gasteiger partial charge in [-0.15, -0.1) is 0 Å². The van der Waals surface area contributed by atoms with E-state index in [0.29, 0.717) is 5.56 Å². The number of ether oxygens (including phenoxy) is 2. The molecular weight excluding hydrogens is 662 g/mol. The number of aromatic nitrogens is 2. The van der Waals surface area contributed by atoms with Crippen molar-refractivity contribution in [3.8, 4) is 17.4 Å². The van der Waals surface area contributed by atoms with E-state index in [4.69, 9.17) is 9.47 Å². The topological polar surface area (TPSA) is 73.6 Å². The third-order valence-electron chi connectivity index (χ3n) is 8.11. The molecule has 250 valence electrons. The van der Waals surface area contributed by atoms with Crippen LogP contribution >= 0.6 is 0 Å². The van der Waals surface area contributed by atoms with Crippen molar-refractivity contribution in [3.05, 3.63) is 167 Å². The summed E-state index contributed by atoms with van der Waals surface area (Å²) < 4.78 is 97.9. The quantitative estimate of drug-likeness (QED) is 0.0569. The summed E-state index contributed by atoms with van der Waals surface area (Å²) in [6, 6.07) is 26.5. The van der Waals surface area contributed by atoms with Crippen molar-refractivity contribution >= 4 is 27.6 Å². The van der Waals surface area contributed by atoms with Crippen molar-refractivity contribution in [3.63, 3.8) is 0 Å². The molecular formula is C38H22F6N2O4. The maximum atomic E-state index is 14.7. The van der Waals surface area contributed by atoms with E-state index in [0.717, 1.165) is 11.1 Å². The fraction of sp³-hybridized carbons (Fsp3) is 0.0526. The van der Waals surface area contributed by atoms with Crippen LogP contribution in [0.1, 0.15) is 33.2 Å². The van der Waals surface area contributed by atoms with E-state index in [-0.39, 0.29) is 34.0 Å². The SMILES string of the molecule is O=C(Oc1c(F)c(F)c(F)c(F)c1F)c1c2cccnc2c(OC(c2ccccc2)c2ccccc2)c2c(O)n(Cc3ccc(F)cc3)cc12. The average Bonchev–Trinajstić information content (AvgIpc) is 3.46. The number of benzene rings is 5. The molecule has 7 aromatic rings. The zero-order valence-electron chi connectivity index (χ0n) is 25.5. The molecule has 0 amide bonds. The molecule has 0 radical (unpaired) electrons. The molecule has 0 saturated heterocycles. The van der Waals surface area contributed by atoms with Crippen molar-refractivity contribution in [1.29, 1.82) is 0 Å². The third-order valence-corrected chi connectivity index (χ3v) is 8.11. The highest BCUT2D eigenvalue weighted by Gasteiger charge is 2.32. The first-order valence-electron chi connectivity index (χ1n) is 15.0. The molecule has 0 unspecified atom stereocenters. The van der Waals surface area contributed by atoms with Gasteiger partial charge in [-0.25, -0.2) is 22.4 Å². The summed E-state index contributed by atoms with van der Waals surface area (Å²) in [5.41, 5.74) is 1.58. The van der Waals surface area contributed by atoms with Crippen LogP contribution in [0.2, 0.25) is 0 Å². The molecule has 6 nitrogen and oxygen atoms in total. The number of nitrogens with zero attached hydrogens (tertiary/aromatic N) is 2. The maximum Gasteiger partial charge on any atom is 0.345 e. The Hall–Kier alpha value is -6.30. The van der Waals surface area contributed by atoms with Gasteiger partial charge in [0.25, 0.3) is 0 Å². The van der Waals surface area contributed by atoms with Crippen molar-refractivity contribution < 1.29 is 45.7 Å². The van der Waals surface area contributed by atoms with Gasteiger partial charge >= 0.3 is 5.97 Å². The molecule has 5 aromatic carbocycles. The van der Waals surface area contributed by atoms with Crippen LogP contribution in [-0.2, 0) is 6.54 Å². The largest absolute Gasteiger partial charge is 0.494 e. The van der Waals surface area contributed by atoms with Gasteiger partial charge < -0.3 is 19.1 Å². The average molecular weight is 685 g/mol. The molecule has 0 aliphatic heterocycles. The summed E-state index contributed by atoms with van der Waals surface area (Å²) in [6.07, 6.45) is 1.94. The number of aromatic hydroxyl groups is 1. The van der Waals surface area contributed by atoms with Gasteiger partial charge in [0, 0.05) is 23.2 Å². The predicted molar refractivity (Wildman–Crippen MR) is 171 cm³/mol. The molecule has 12 heteroatoms. The van der Waals surface area contributed by atoms with Gasteiger partial charge in [0.1, 0.15) is 17.4 Å². The molecule has 0 aliphatic rings. The minimum absolute atomic E-state index is 0.0102. The zero-order chi connectivity index (χ0) is 35.1. The lowest BCUT2D eigenvalue weighted by atomic mass is 9.99. The maximum absolute atomic E-state index is 14.7. The van der Waals surface area contributed by atoms with Crippen molar-refractivity contribution in [2.75, 3.05) is 0 Å². The lowest BCUT2D eigenvalue weighted by molar-refractivity contribution is 0.0720. The molecule has 0 aliphatic carbocycles. The Morgan fingerprint density at radius 2 is 1.28 bits per heavy atom. The van der Waals surface area contributed by atoms with E-state index >= 15 is 0 Å². The fourth-order valence-corrected chi connectivity index (χ4v) is 5.77. The summed E-state index contributed by atoms with van der Waals surface area (Å²) in [7, 11) is 0. The summed E-state index contributed by atoms with van der Waals surface area (Å²) in [5, 5.41) is 11.6. The van der Waals surface area contributed by atoms with Crippen molar-refractivity contribution in [2.24, 2.45) is 0 Å². The number of hydrogen-bond acceptors (Lipinski definition) is 5. The van der Waals surface area contributed by atoms with Crippen LogP contribution in [0.3, 0.4) is 0 Å². The third kappa shape index (κ3) is 5.64. The highest BCUT2D eigenvalue weighted by Crippen LogP contribution is 2.46. The Balaban J connectivity index is 1.48. The van der Waals surface area contributed by atoms with E-state index in [1.165, 1.54) is 53.4 Å². The lowest BCUT2D eigenvalue weighted by Crippen LogP contribution is -2.15. The molecule has 7 rings (SSSR count). The van der Waals surface area contributed by atoms with Gasteiger partial charge in [0.15, 0.2) is 5.75 Å². The summed E-state index contributed by atoms with van der Waals surface area (Å²) in [4.78, 5) is 18.3. The molecule has 0 fully saturated rings. The van der Waals surface area contributed by atoms with Crippen LogP contribution in [0.4, 0.5) is 26.3 Å². The first-order valence-corrected chi connectivity index (χ1v) is 15.0. The van der Waals surface area contributed by atoms with E-state index in [1.807, 2.05) is 60.7 Å². The first kappa shape index (κ1) is 32.3. The van der Waals surface area contributed by atoms with E-state index in [1.54, 1.807) is 0 Å². The molecule has 2 aromatic heterocycles. The number of rotatable bonds is 8. The fourth-order valence-electron chi connectivity index (χ4n) is 5.77. The first-order chi connectivity index (χ1) is 24.1. The monoisotopic (exact) mass is 684 g/mol. The second kappa shape index (κ2) is 13.0. The second-order valence-electron chi connectivity index (χ2n) is 11.2. The minimum Gasteiger partial charge on any atom is -0.494 e. The lowest BCUT2D eigenvalue weighted by Gasteiger charge is -2.22. The number of esters is 1. The highest BCUT2D eigenvalue weighted by molar-refractivity contribution is 6.20. The van der Waals surface area contributed by atoms with Crippen LogP contribution < -0.4 is 9.47 Å². The molecule has 0 spiro atoms. The van der Waals surface area contributed by atoms with Gasteiger partial charge in [-0.1, -0.05) is 78.9 Å². The standard InChI is InChI=1S/C38H22F6N2O4/c39-23-15-13-20(14-16-23)18-46-19-25-26(38(48)50-36-31(43)29(41)28(40)30(42)32(36)44)24-12-7-17-45-33(24)35(27(25)37(46)47)49-34(21-8-3-1-4-9-21)22-10-5-2-6-11-22/h1-17,19,34,47H,18H2. The number of halogens is 6. The smallest absolute Gasteiger partial charge is 0.345 e. The van der Waals surface area contributed by atoms with E-state index in [9.17, 15) is 36.2 Å². The van der Waals surface area contributed by atoms with Crippen LogP contribution in [0.15, 0.2) is 109 Å². The number of fused-ring (bicyclic) bond motifs is 2. The normalized spacial score (nSPS) is 11.4. The van der Waals surface area contributed by atoms with Crippen LogP contribution in [0.5, 0.6) is 17.4 Å². The molecule has 0 atom stereocenters. The Morgan fingerprint density at radius 1 is 0.700 bits per heavy atom. The van der Waals surface area contributed by atoms with E-state index in [2.05, 4.69) is 4.98 Å². The number of pyridine rings is 1. The Labute approximate surface area is 279 Å². The summed E-state index contributed by atoms with van der Waals surface area (Å²) in [5.74, 6) is -16.0. The van der Waals surface area contributed by atoms with Gasteiger partial charge in [-0.05, 0) is 34.9 Å². The zero-order valence-corrected chi connectivity index (χ0v) is 25.5. The van der Waals surface area contributed by atoms with E-state index < -0.39 is 64.2 Å². The summed E-state index contributed by atoms with van der Waals surface area (Å²) >= 11 is 0. The van der Waals surface area contributed by atoms with Crippen molar-refractivity contribution in [2.45, 2.75) is 12.6 Å². The molecule has 2 heterocycles. The van der Waals surface area contributed by atoms with Gasteiger partial charge in [0.05, 0.1) is 17.5 Å². The Kier molecular flexibility index (Phi) is 8.36. The molecule has 0 bridgehead atoms. The molecule has 50 heavy (non-hydrogen) atoms. The van der Waals surface area contributed by atoms with Gasteiger partial charge in [-0.3, -0.25) is 4.98 Å². The Bertz CT molecular complexity index is 2330. The number of carbonyl (C=O) groups is 1. The second-order valence-corrected chi connectivity index (χ2v) is 11.2. The Morgan fingerprint density at radius 3 is 1.88 bits per heavy atom. The predicted octanol–water partition coefficient (Wildman–Crippen LogP) is 9.17. The van der Waals surface area contributed by atoms with Crippen LogP contribution in [-0.4, -0.2) is 20.6 Å². The highest BCUT2D eigenvalue weighted by atomic mass is 19.2. The van der Waals surface area contributed by atoms with Crippen LogP contribution in [0, 0.1) is 34.9 Å². The van der Waals surface area contributed by atoms with Crippen molar-refractivity contribution in [1.82, 2.24) is 9.55 Å². The molecule has 0 saturated carbocycles. The number of hydrogen-bond donors (Lipinski definition) is 1. The summed E-state index contributed by atoms with van der Waals surface area (Å²) in [6.45, 7) is -0.0447.